The number of pyridine rings is 1. The molecule has 128 valence electrons. The Morgan fingerprint density at radius 3 is 2.62 bits per heavy atom. The highest BCUT2D eigenvalue weighted by atomic mass is 16.5. The van der Waals surface area contributed by atoms with E-state index in [0.29, 0.717) is 18.0 Å². The van der Waals surface area contributed by atoms with Gasteiger partial charge in [-0.2, -0.15) is 0 Å². The van der Waals surface area contributed by atoms with Gasteiger partial charge < -0.3 is 10.1 Å². The van der Waals surface area contributed by atoms with Crippen molar-refractivity contribution in [3.8, 4) is 0 Å². The molecule has 0 aliphatic carbocycles. The zero-order valence-electron chi connectivity index (χ0n) is 14.7. The summed E-state index contributed by atoms with van der Waals surface area (Å²) in [4.78, 5) is 28.9. The number of amides is 1. The van der Waals surface area contributed by atoms with Crippen molar-refractivity contribution in [3.63, 3.8) is 0 Å². The van der Waals surface area contributed by atoms with Gasteiger partial charge in [0.1, 0.15) is 0 Å². The Morgan fingerprint density at radius 2 is 1.96 bits per heavy atom. The van der Waals surface area contributed by atoms with Gasteiger partial charge >= 0.3 is 5.97 Å². The van der Waals surface area contributed by atoms with Crippen molar-refractivity contribution in [1.29, 1.82) is 0 Å². The summed E-state index contributed by atoms with van der Waals surface area (Å²) in [5, 5.41) is 3.48. The topological polar surface area (TPSA) is 68.3 Å². The van der Waals surface area contributed by atoms with Crippen LogP contribution in [0.4, 0.5) is 0 Å². The van der Waals surface area contributed by atoms with Gasteiger partial charge in [0.15, 0.2) is 6.61 Å². The second-order valence-corrected chi connectivity index (χ2v) is 6.20. The minimum absolute atomic E-state index is 0.275. The van der Waals surface area contributed by atoms with E-state index in [9.17, 15) is 9.59 Å². The summed E-state index contributed by atoms with van der Waals surface area (Å²) in [6.45, 7) is 8.17. The maximum Gasteiger partial charge on any atom is 0.339 e. The summed E-state index contributed by atoms with van der Waals surface area (Å²) < 4.78 is 5.23. The number of carbonyl (C=O) groups excluding carboxylic acids is 2. The van der Waals surface area contributed by atoms with Crippen LogP contribution in [-0.2, 0) is 16.0 Å². The first-order valence-electron chi connectivity index (χ1n) is 8.26. The molecule has 1 aromatic carbocycles. The molecular weight excluding hydrogens is 304 g/mol. The van der Waals surface area contributed by atoms with E-state index in [4.69, 9.17) is 4.74 Å². The zero-order valence-corrected chi connectivity index (χ0v) is 14.7. The maximum absolute atomic E-state index is 12.6. The lowest BCUT2D eigenvalue weighted by Crippen LogP contribution is -2.31. The van der Waals surface area contributed by atoms with Crippen LogP contribution >= 0.6 is 0 Å². The van der Waals surface area contributed by atoms with Crippen LogP contribution in [0.2, 0.25) is 0 Å². The van der Waals surface area contributed by atoms with Crippen LogP contribution in [-0.4, -0.2) is 30.0 Å². The van der Waals surface area contributed by atoms with Gasteiger partial charge in [0.2, 0.25) is 0 Å². The number of esters is 1. The molecule has 0 spiro atoms. The maximum atomic E-state index is 12.6. The van der Waals surface area contributed by atoms with Gasteiger partial charge in [0, 0.05) is 17.6 Å². The molecule has 1 aromatic heterocycles. The number of ether oxygens (including phenoxy) is 1. The minimum Gasteiger partial charge on any atom is -0.452 e. The van der Waals surface area contributed by atoms with E-state index < -0.39 is 5.97 Å². The van der Waals surface area contributed by atoms with Crippen LogP contribution in [0.3, 0.4) is 0 Å². The first-order chi connectivity index (χ1) is 11.4. The second-order valence-electron chi connectivity index (χ2n) is 6.20. The van der Waals surface area contributed by atoms with Crippen molar-refractivity contribution in [2.24, 2.45) is 5.92 Å². The molecule has 2 rings (SSSR count). The van der Waals surface area contributed by atoms with Crippen molar-refractivity contribution >= 4 is 22.8 Å². The van der Waals surface area contributed by atoms with E-state index in [2.05, 4.69) is 10.3 Å². The Hall–Kier alpha value is -2.43. The fourth-order valence-corrected chi connectivity index (χ4v) is 2.54. The summed E-state index contributed by atoms with van der Waals surface area (Å²) in [6.07, 6.45) is 0.728. The van der Waals surface area contributed by atoms with E-state index in [1.165, 1.54) is 0 Å². The number of nitrogens with zero attached hydrogens (tertiary/aromatic N) is 1. The van der Waals surface area contributed by atoms with Crippen LogP contribution < -0.4 is 5.32 Å². The SMILES string of the molecule is CCc1nc2ccccc2c(C(=O)OCC(=O)NCC(C)C)c1C. The number of nitrogens with one attached hydrogen (secondary N) is 1. The fraction of sp³-hybridized carbons (Fsp3) is 0.421. The van der Waals surface area contributed by atoms with E-state index in [0.717, 1.165) is 28.6 Å². The van der Waals surface area contributed by atoms with Gasteiger partial charge in [-0.15, -0.1) is 0 Å². The third-order valence-corrected chi connectivity index (χ3v) is 3.82. The first-order valence-corrected chi connectivity index (χ1v) is 8.26. The highest BCUT2D eigenvalue weighted by Gasteiger charge is 2.19. The number of rotatable bonds is 6. The second kappa shape index (κ2) is 7.90. The van der Waals surface area contributed by atoms with Crippen LogP contribution in [0.1, 0.15) is 42.4 Å². The molecule has 0 atom stereocenters. The fourth-order valence-electron chi connectivity index (χ4n) is 2.54. The molecule has 0 unspecified atom stereocenters. The van der Waals surface area contributed by atoms with Crippen LogP contribution in [0.5, 0.6) is 0 Å². The Morgan fingerprint density at radius 1 is 1.25 bits per heavy atom. The molecule has 0 aliphatic heterocycles. The molecule has 0 bridgehead atoms. The molecule has 0 aliphatic rings. The molecule has 0 saturated carbocycles. The van der Waals surface area contributed by atoms with Gasteiger partial charge in [-0.25, -0.2) is 4.79 Å². The molecule has 24 heavy (non-hydrogen) atoms. The van der Waals surface area contributed by atoms with Crippen molar-refractivity contribution in [2.75, 3.05) is 13.2 Å². The third-order valence-electron chi connectivity index (χ3n) is 3.82. The first kappa shape index (κ1) is 17.9. The van der Waals surface area contributed by atoms with Crippen LogP contribution in [0, 0.1) is 12.8 Å². The normalized spacial score (nSPS) is 10.9. The van der Waals surface area contributed by atoms with Crippen molar-refractivity contribution in [2.45, 2.75) is 34.1 Å². The summed E-state index contributed by atoms with van der Waals surface area (Å²) >= 11 is 0. The highest BCUT2D eigenvalue weighted by Crippen LogP contribution is 2.24. The summed E-state index contributed by atoms with van der Waals surface area (Å²) in [5.41, 5.74) is 2.93. The number of para-hydroxylation sites is 1. The quantitative estimate of drug-likeness (QED) is 0.828. The van der Waals surface area contributed by atoms with Crippen LogP contribution in [0.25, 0.3) is 10.9 Å². The molecule has 0 fully saturated rings. The smallest absolute Gasteiger partial charge is 0.339 e. The molecule has 5 nitrogen and oxygen atoms in total. The van der Waals surface area contributed by atoms with Gasteiger partial charge in [-0.1, -0.05) is 39.0 Å². The number of benzene rings is 1. The van der Waals surface area contributed by atoms with Gasteiger partial charge in [0.25, 0.3) is 5.91 Å². The molecule has 5 heteroatoms. The average Bonchev–Trinajstić information content (AvgIpc) is 2.57. The molecule has 1 amide bonds. The van der Waals surface area contributed by atoms with Gasteiger partial charge in [-0.05, 0) is 30.9 Å². The zero-order chi connectivity index (χ0) is 17.7. The summed E-state index contributed by atoms with van der Waals surface area (Å²) in [6, 6.07) is 7.48. The monoisotopic (exact) mass is 328 g/mol. The number of hydrogen-bond donors (Lipinski definition) is 1. The van der Waals surface area contributed by atoms with Crippen LogP contribution in [0.15, 0.2) is 24.3 Å². The van der Waals surface area contributed by atoms with Crippen molar-refractivity contribution in [3.05, 3.63) is 41.1 Å². The lowest BCUT2D eigenvalue weighted by Gasteiger charge is -2.13. The molecule has 0 saturated heterocycles. The molecule has 1 N–H and O–H groups in total. The average molecular weight is 328 g/mol. The molecule has 2 aromatic rings. The van der Waals surface area contributed by atoms with E-state index >= 15 is 0 Å². The number of aromatic nitrogens is 1. The Labute approximate surface area is 142 Å². The van der Waals surface area contributed by atoms with Gasteiger partial charge in [-0.3, -0.25) is 9.78 Å². The van der Waals surface area contributed by atoms with E-state index in [1.54, 1.807) is 0 Å². The molecule has 0 radical (unpaired) electrons. The lowest BCUT2D eigenvalue weighted by atomic mass is 10.0. The standard InChI is InChI=1S/C19H24N2O3/c1-5-15-13(4)18(14-8-6-7-9-16(14)21-15)19(23)24-11-17(22)20-10-12(2)3/h6-9,12H,5,10-11H2,1-4H3,(H,20,22). The predicted octanol–water partition coefficient (Wildman–Crippen LogP) is 3.03. The largest absolute Gasteiger partial charge is 0.452 e. The Balaban J connectivity index is 2.22. The number of carbonyl (C=O) groups is 2. The minimum atomic E-state index is -0.486. The summed E-state index contributed by atoms with van der Waals surface area (Å²) in [7, 11) is 0. The Kier molecular flexibility index (Phi) is 5.90. The summed E-state index contributed by atoms with van der Waals surface area (Å²) in [5.74, 6) is -0.424. The number of aryl methyl sites for hydroxylation is 1. The highest BCUT2D eigenvalue weighted by molar-refractivity contribution is 6.05. The third kappa shape index (κ3) is 4.10. The number of hydrogen-bond acceptors (Lipinski definition) is 4. The molecular formula is C19H24N2O3. The van der Waals surface area contributed by atoms with Crippen molar-refractivity contribution in [1.82, 2.24) is 10.3 Å². The molecule has 1 heterocycles. The van der Waals surface area contributed by atoms with Gasteiger partial charge in [0.05, 0.1) is 11.1 Å². The Bertz CT molecular complexity index is 754. The van der Waals surface area contributed by atoms with Crippen molar-refractivity contribution < 1.29 is 14.3 Å². The van der Waals surface area contributed by atoms with E-state index in [1.807, 2.05) is 52.0 Å². The predicted molar refractivity (Wildman–Crippen MR) is 94.0 cm³/mol. The number of fused-ring (bicyclic) bond motifs is 1. The van der Waals surface area contributed by atoms with E-state index in [-0.39, 0.29) is 12.5 Å². The lowest BCUT2D eigenvalue weighted by molar-refractivity contribution is -0.124.